The lowest BCUT2D eigenvalue weighted by molar-refractivity contribution is 0.188. The fourth-order valence-corrected chi connectivity index (χ4v) is 2.25. The lowest BCUT2D eigenvalue weighted by Gasteiger charge is -2.16. The van der Waals surface area contributed by atoms with E-state index in [-0.39, 0.29) is 0 Å². The molecule has 0 saturated heterocycles. The number of ether oxygens (including phenoxy) is 1. The first-order valence-corrected chi connectivity index (χ1v) is 5.91. The van der Waals surface area contributed by atoms with Gasteiger partial charge in [0, 0.05) is 23.2 Å². The Morgan fingerprint density at radius 3 is 2.41 bits per heavy atom. The molecule has 1 atom stereocenters. The normalized spacial score (nSPS) is 13.3. The smallest absolute Gasteiger partial charge is 0.120 e. The Bertz CT molecular complexity index is 526. The number of aliphatic hydroxyl groups excluding tert-OH is 1. The van der Waals surface area contributed by atoms with Gasteiger partial charge < -0.3 is 14.4 Å². The minimum absolute atomic E-state index is 0.309. The summed E-state index contributed by atoms with van der Waals surface area (Å²) in [6.07, 6.45) is -0.462. The molecule has 92 valence electrons. The molecule has 0 aliphatic heterocycles. The maximum atomic E-state index is 9.83. The Morgan fingerprint density at radius 2 is 1.88 bits per heavy atom. The second-order valence-electron chi connectivity index (χ2n) is 4.63. The topological polar surface area (TPSA) is 34.4 Å². The van der Waals surface area contributed by atoms with Crippen LogP contribution in [0.15, 0.2) is 24.3 Å². The molecule has 3 nitrogen and oxygen atoms in total. The molecule has 1 unspecified atom stereocenters. The van der Waals surface area contributed by atoms with Crippen molar-refractivity contribution in [2.24, 2.45) is 0 Å². The molecular formula is C14H19NO2. The van der Waals surface area contributed by atoms with Crippen molar-refractivity contribution < 1.29 is 9.84 Å². The molecular weight excluding hydrogens is 214 g/mol. The van der Waals surface area contributed by atoms with Crippen molar-refractivity contribution in [1.82, 2.24) is 4.57 Å². The molecule has 0 amide bonds. The molecule has 0 fully saturated rings. The molecule has 0 spiro atoms. The zero-order chi connectivity index (χ0) is 12.6. The molecule has 0 aliphatic rings. The van der Waals surface area contributed by atoms with Gasteiger partial charge in [0.15, 0.2) is 0 Å². The first-order chi connectivity index (χ1) is 8.04. The summed E-state index contributed by atoms with van der Waals surface area (Å²) in [6, 6.07) is 8.34. The number of rotatable bonds is 3. The summed E-state index contributed by atoms with van der Waals surface area (Å²) >= 11 is 0. The van der Waals surface area contributed by atoms with Crippen LogP contribution in [0, 0.1) is 0 Å². The number of aromatic nitrogens is 1. The van der Waals surface area contributed by atoms with Gasteiger partial charge in [-0.15, -0.1) is 0 Å². The van der Waals surface area contributed by atoms with Crippen molar-refractivity contribution in [2.75, 3.05) is 7.11 Å². The standard InChI is InChI=1S/C14H19NO2/c1-9(2)15-13(10(3)16)7-11-5-6-12(17-4)8-14(11)15/h5-10,16H,1-4H3. The van der Waals surface area contributed by atoms with Crippen LogP contribution in [0.25, 0.3) is 10.9 Å². The van der Waals surface area contributed by atoms with Gasteiger partial charge in [-0.3, -0.25) is 0 Å². The van der Waals surface area contributed by atoms with E-state index in [4.69, 9.17) is 4.74 Å². The summed E-state index contributed by atoms with van der Waals surface area (Å²) in [6.45, 7) is 6.03. The predicted molar refractivity (Wildman–Crippen MR) is 69.5 cm³/mol. The van der Waals surface area contributed by atoms with Gasteiger partial charge in [-0.05, 0) is 39.0 Å². The lowest BCUT2D eigenvalue weighted by Crippen LogP contribution is -2.07. The van der Waals surface area contributed by atoms with E-state index in [0.717, 1.165) is 22.3 Å². The molecule has 2 aromatic rings. The molecule has 1 aromatic heterocycles. The third kappa shape index (κ3) is 2.03. The number of hydrogen-bond acceptors (Lipinski definition) is 2. The summed E-state index contributed by atoms with van der Waals surface area (Å²) in [5, 5.41) is 11.0. The molecule has 1 N–H and O–H groups in total. The fourth-order valence-electron chi connectivity index (χ4n) is 2.25. The largest absolute Gasteiger partial charge is 0.497 e. The van der Waals surface area contributed by atoms with Crippen LogP contribution in [-0.4, -0.2) is 16.8 Å². The van der Waals surface area contributed by atoms with Gasteiger partial charge in [0.2, 0.25) is 0 Å². The number of methoxy groups -OCH3 is 1. The highest BCUT2D eigenvalue weighted by atomic mass is 16.5. The summed E-state index contributed by atoms with van der Waals surface area (Å²) < 4.78 is 7.41. The van der Waals surface area contributed by atoms with E-state index in [1.807, 2.05) is 24.3 Å². The lowest BCUT2D eigenvalue weighted by atomic mass is 10.2. The fraction of sp³-hybridized carbons (Fsp3) is 0.429. The van der Waals surface area contributed by atoms with Gasteiger partial charge in [-0.25, -0.2) is 0 Å². The quantitative estimate of drug-likeness (QED) is 0.882. The maximum absolute atomic E-state index is 9.83. The van der Waals surface area contributed by atoms with E-state index < -0.39 is 6.10 Å². The molecule has 0 bridgehead atoms. The second kappa shape index (κ2) is 4.41. The number of hydrogen-bond donors (Lipinski definition) is 1. The summed E-state index contributed by atoms with van der Waals surface area (Å²) in [5.74, 6) is 0.842. The van der Waals surface area contributed by atoms with Crippen molar-refractivity contribution in [3.05, 3.63) is 30.0 Å². The first-order valence-electron chi connectivity index (χ1n) is 5.91. The number of fused-ring (bicyclic) bond motifs is 1. The van der Waals surface area contributed by atoms with E-state index >= 15 is 0 Å². The summed E-state index contributed by atoms with van der Waals surface area (Å²) in [7, 11) is 1.67. The Balaban J connectivity index is 2.72. The number of benzene rings is 1. The molecule has 0 saturated carbocycles. The average molecular weight is 233 g/mol. The maximum Gasteiger partial charge on any atom is 0.120 e. The Hall–Kier alpha value is -1.48. The molecule has 0 radical (unpaired) electrons. The molecule has 3 heteroatoms. The van der Waals surface area contributed by atoms with Crippen LogP contribution in [-0.2, 0) is 0 Å². The van der Waals surface area contributed by atoms with E-state index in [2.05, 4.69) is 18.4 Å². The van der Waals surface area contributed by atoms with Crippen molar-refractivity contribution in [1.29, 1.82) is 0 Å². The molecule has 0 aliphatic carbocycles. The Labute approximate surface area is 102 Å². The van der Waals surface area contributed by atoms with Crippen LogP contribution >= 0.6 is 0 Å². The minimum Gasteiger partial charge on any atom is -0.497 e. The van der Waals surface area contributed by atoms with Gasteiger partial charge >= 0.3 is 0 Å². The minimum atomic E-state index is -0.462. The van der Waals surface area contributed by atoms with Gasteiger partial charge in [0.25, 0.3) is 0 Å². The Morgan fingerprint density at radius 1 is 1.18 bits per heavy atom. The Kier molecular flexibility index (Phi) is 3.11. The van der Waals surface area contributed by atoms with E-state index in [1.165, 1.54) is 0 Å². The third-order valence-corrected chi connectivity index (χ3v) is 3.02. The SMILES string of the molecule is COc1ccc2cc(C(C)O)n(C(C)C)c2c1. The highest BCUT2D eigenvalue weighted by Gasteiger charge is 2.15. The molecule has 17 heavy (non-hydrogen) atoms. The van der Waals surface area contributed by atoms with Crippen LogP contribution < -0.4 is 4.74 Å². The zero-order valence-corrected chi connectivity index (χ0v) is 10.8. The first kappa shape index (κ1) is 12.0. The van der Waals surface area contributed by atoms with Gasteiger partial charge in [-0.2, -0.15) is 0 Å². The van der Waals surface area contributed by atoms with Gasteiger partial charge in [-0.1, -0.05) is 0 Å². The van der Waals surface area contributed by atoms with E-state index in [0.29, 0.717) is 6.04 Å². The zero-order valence-electron chi connectivity index (χ0n) is 10.8. The average Bonchev–Trinajstić information content (AvgIpc) is 2.66. The van der Waals surface area contributed by atoms with Crippen LogP contribution in [0.1, 0.15) is 38.6 Å². The van der Waals surface area contributed by atoms with Crippen LogP contribution in [0.4, 0.5) is 0 Å². The van der Waals surface area contributed by atoms with Crippen molar-refractivity contribution in [3.63, 3.8) is 0 Å². The molecule has 1 heterocycles. The van der Waals surface area contributed by atoms with E-state index in [1.54, 1.807) is 14.0 Å². The number of nitrogens with zero attached hydrogens (tertiary/aromatic N) is 1. The third-order valence-electron chi connectivity index (χ3n) is 3.02. The van der Waals surface area contributed by atoms with Crippen LogP contribution in [0.5, 0.6) is 5.75 Å². The highest BCUT2D eigenvalue weighted by Crippen LogP contribution is 2.30. The van der Waals surface area contributed by atoms with Crippen molar-refractivity contribution in [3.8, 4) is 5.75 Å². The monoisotopic (exact) mass is 233 g/mol. The molecule has 2 rings (SSSR count). The van der Waals surface area contributed by atoms with Gasteiger partial charge in [0.1, 0.15) is 5.75 Å². The predicted octanol–water partition coefficient (Wildman–Crippen LogP) is 3.28. The van der Waals surface area contributed by atoms with Gasteiger partial charge in [0.05, 0.1) is 18.7 Å². The van der Waals surface area contributed by atoms with E-state index in [9.17, 15) is 5.11 Å². The van der Waals surface area contributed by atoms with Crippen molar-refractivity contribution >= 4 is 10.9 Å². The summed E-state index contributed by atoms with van der Waals surface area (Å²) in [5.41, 5.74) is 2.05. The number of aliphatic hydroxyl groups is 1. The second-order valence-corrected chi connectivity index (χ2v) is 4.63. The summed E-state index contributed by atoms with van der Waals surface area (Å²) in [4.78, 5) is 0. The van der Waals surface area contributed by atoms with Crippen LogP contribution in [0.2, 0.25) is 0 Å². The van der Waals surface area contributed by atoms with Crippen molar-refractivity contribution in [2.45, 2.75) is 32.9 Å². The molecule has 1 aromatic carbocycles. The van der Waals surface area contributed by atoms with Crippen LogP contribution in [0.3, 0.4) is 0 Å². The highest BCUT2D eigenvalue weighted by molar-refractivity contribution is 5.83.